The van der Waals surface area contributed by atoms with Crippen LogP contribution in [0.2, 0.25) is 0 Å². The fourth-order valence-corrected chi connectivity index (χ4v) is 6.62. The van der Waals surface area contributed by atoms with Gasteiger partial charge in [0, 0.05) is 37.7 Å². The third-order valence-electron chi connectivity index (χ3n) is 9.80. The molecule has 10 nitrogen and oxygen atoms in total. The monoisotopic (exact) mass is 758 g/mol. The van der Waals surface area contributed by atoms with Crippen LogP contribution >= 0.6 is 0 Å². The number of esters is 2. The number of cyclic esters (lactones) is 1. The van der Waals surface area contributed by atoms with Crippen LogP contribution in [-0.4, -0.2) is 86.0 Å². The molecule has 1 heterocycles. The molecule has 0 saturated carbocycles. The van der Waals surface area contributed by atoms with E-state index in [1.165, 1.54) is 19.1 Å². The third kappa shape index (κ3) is 20.5. The van der Waals surface area contributed by atoms with Gasteiger partial charge in [-0.15, -0.1) is 0 Å². The molecule has 0 aromatic rings. The molecule has 0 radical (unpaired) electrons. The van der Waals surface area contributed by atoms with Crippen LogP contribution in [0.1, 0.15) is 127 Å². The number of carbonyl (C=O) groups excluding carboxylic acids is 3. The molecule has 0 aromatic heterocycles. The van der Waals surface area contributed by atoms with Gasteiger partial charge in [0.25, 0.3) is 0 Å². The molecule has 54 heavy (non-hydrogen) atoms. The Morgan fingerprint density at radius 3 is 2.19 bits per heavy atom. The maximum absolute atomic E-state index is 13.0. The molecule has 0 amide bonds. The maximum Gasteiger partial charge on any atom is 0.331 e. The number of carbonyl (C=O) groups is 3. The Balaban J connectivity index is 2.86. The predicted molar refractivity (Wildman–Crippen MR) is 213 cm³/mol. The number of Topliss-reactive ketones (excluding diaryl/α,β-unsaturated/α-hetero) is 1. The number of ether oxygens (including phenoxy) is 2. The van der Waals surface area contributed by atoms with E-state index < -0.39 is 36.5 Å². The molecule has 0 aliphatic carbocycles. The lowest BCUT2D eigenvalue weighted by Gasteiger charge is -2.27. The van der Waals surface area contributed by atoms with E-state index in [2.05, 4.69) is 19.9 Å². The van der Waals surface area contributed by atoms with Crippen molar-refractivity contribution in [2.24, 2.45) is 17.8 Å². The lowest BCUT2D eigenvalue weighted by atomic mass is 9.89. The zero-order valence-corrected chi connectivity index (χ0v) is 34.5. The number of aliphatic hydroxyl groups is 5. The van der Waals surface area contributed by atoms with Crippen LogP contribution in [0.25, 0.3) is 0 Å². The van der Waals surface area contributed by atoms with E-state index in [1.54, 1.807) is 26.0 Å². The summed E-state index contributed by atoms with van der Waals surface area (Å²) in [4.78, 5) is 38.4. The summed E-state index contributed by atoms with van der Waals surface area (Å²) in [5, 5.41) is 49.4. The summed E-state index contributed by atoms with van der Waals surface area (Å²) in [7, 11) is 0. The average Bonchev–Trinajstić information content (AvgIpc) is 3.06. The minimum absolute atomic E-state index is 0.00219. The lowest BCUT2D eigenvalue weighted by Crippen LogP contribution is -2.28. The van der Waals surface area contributed by atoms with Crippen molar-refractivity contribution in [2.45, 2.75) is 170 Å². The van der Waals surface area contributed by atoms with Crippen molar-refractivity contribution in [1.82, 2.24) is 0 Å². The van der Waals surface area contributed by atoms with Crippen LogP contribution in [0.4, 0.5) is 0 Å². The summed E-state index contributed by atoms with van der Waals surface area (Å²) in [6, 6.07) is 0. The molecule has 1 rings (SSSR count). The van der Waals surface area contributed by atoms with Crippen LogP contribution in [0, 0.1) is 17.8 Å². The van der Waals surface area contributed by atoms with Gasteiger partial charge >= 0.3 is 11.9 Å². The molecule has 1 aliphatic rings. The smallest absolute Gasteiger partial charge is 0.331 e. The molecule has 1 aliphatic heterocycles. The Morgan fingerprint density at radius 1 is 0.926 bits per heavy atom. The average molecular weight is 759 g/mol. The predicted octanol–water partition coefficient (Wildman–Crippen LogP) is 6.94. The minimum Gasteiger partial charge on any atom is -0.462 e. The molecule has 0 fully saturated rings. The highest BCUT2D eigenvalue weighted by molar-refractivity contribution is 5.95. The zero-order chi connectivity index (χ0) is 41.1. The molecule has 0 unspecified atom stereocenters. The van der Waals surface area contributed by atoms with Crippen molar-refractivity contribution in [3.63, 3.8) is 0 Å². The van der Waals surface area contributed by atoms with E-state index in [0.29, 0.717) is 37.7 Å². The van der Waals surface area contributed by atoms with Gasteiger partial charge in [-0.05, 0) is 104 Å². The first-order valence-electron chi connectivity index (χ1n) is 19.6. The second kappa shape index (κ2) is 25.1. The first kappa shape index (κ1) is 48.9. The SMILES string of the molecule is CC(=C/C(C)=C/CC(=O)/C(C)=C/[C@H](O)[C@@H](O)C[C@H](C)O)/C=C/C(=O)O[C@H]1CCCC(=O)O[C@@H]([C@@H](C)C/C(C)=C/[C@@H](C)[C@H](O)C[C@@H](C)O)C/C=C(/C)C[C@H]1C. The molecular weight excluding hydrogens is 688 g/mol. The van der Waals surface area contributed by atoms with Crippen LogP contribution in [-0.2, 0) is 23.9 Å². The molecule has 0 saturated heterocycles. The number of allylic oxidation sites excluding steroid dienone is 8. The number of rotatable bonds is 18. The number of ketones is 1. The Morgan fingerprint density at radius 2 is 1.56 bits per heavy atom. The highest BCUT2D eigenvalue weighted by atomic mass is 16.5. The zero-order valence-electron chi connectivity index (χ0n) is 34.5. The van der Waals surface area contributed by atoms with Gasteiger partial charge in [0.1, 0.15) is 12.2 Å². The maximum atomic E-state index is 13.0. The van der Waals surface area contributed by atoms with Crippen LogP contribution in [0.3, 0.4) is 0 Å². The second-order valence-electron chi connectivity index (χ2n) is 15.9. The summed E-state index contributed by atoms with van der Waals surface area (Å²) in [5.74, 6) is -0.976. The van der Waals surface area contributed by atoms with Gasteiger partial charge in [0.05, 0.1) is 30.5 Å². The summed E-state index contributed by atoms with van der Waals surface area (Å²) in [6.45, 7) is 18.6. The molecule has 0 aromatic carbocycles. The van der Waals surface area contributed by atoms with E-state index in [1.807, 2.05) is 46.8 Å². The van der Waals surface area contributed by atoms with Crippen molar-refractivity contribution < 1.29 is 49.4 Å². The van der Waals surface area contributed by atoms with Gasteiger partial charge in [-0.25, -0.2) is 4.79 Å². The van der Waals surface area contributed by atoms with Crippen molar-refractivity contribution in [2.75, 3.05) is 0 Å². The van der Waals surface area contributed by atoms with Crippen molar-refractivity contribution in [3.05, 3.63) is 70.4 Å². The van der Waals surface area contributed by atoms with Gasteiger partial charge < -0.3 is 35.0 Å². The Hall–Kier alpha value is -3.15. The lowest BCUT2D eigenvalue weighted by molar-refractivity contribution is -0.152. The number of hydrogen-bond donors (Lipinski definition) is 5. The Kier molecular flexibility index (Phi) is 22.7. The first-order valence-corrected chi connectivity index (χ1v) is 19.6. The fraction of sp³-hybridized carbons (Fsp3) is 0.659. The van der Waals surface area contributed by atoms with Crippen molar-refractivity contribution >= 4 is 17.7 Å². The van der Waals surface area contributed by atoms with E-state index in [-0.39, 0.29) is 61.0 Å². The van der Waals surface area contributed by atoms with E-state index in [0.717, 1.165) is 28.7 Å². The van der Waals surface area contributed by atoms with E-state index >= 15 is 0 Å². The summed E-state index contributed by atoms with van der Waals surface area (Å²) >= 11 is 0. The molecular formula is C44H70O10. The first-order chi connectivity index (χ1) is 25.2. The molecule has 10 heteroatoms. The summed E-state index contributed by atoms with van der Waals surface area (Å²) < 4.78 is 11.9. The molecule has 10 atom stereocenters. The van der Waals surface area contributed by atoms with Gasteiger partial charge in [0.15, 0.2) is 5.78 Å². The number of hydrogen-bond acceptors (Lipinski definition) is 10. The highest BCUT2D eigenvalue weighted by Crippen LogP contribution is 2.27. The van der Waals surface area contributed by atoms with Crippen molar-refractivity contribution in [1.29, 1.82) is 0 Å². The van der Waals surface area contributed by atoms with Crippen LogP contribution in [0.5, 0.6) is 0 Å². The summed E-state index contributed by atoms with van der Waals surface area (Å²) in [5.41, 5.74) is 4.14. The second-order valence-corrected chi connectivity index (χ2v) is 15.9. The van der Waals surface area contributed by atoms with Crippen LogP contribution < -0.4 is 0 Å². The molecule has 306 valence electrons. The van der Waals surface area contributed by atoms with Crippen LogP contribution in [0.15, 0.2) is 70.4 Å². The van der Waals surface area contributed by atoms with E-state index in [4.69, 9.17) is 9.47 Å². The Labute approximate surface area is 324 Å². The standard InChI is InChI=1S/C44H70O10/c1-27(14-17-37(47)32(6)24-39(49)40(50)26-36(10)46)20-28(2)16-19-44(52)53-41-12-11-13-43(51)54-42(18-15-29(3)21-33(41)7)34(8)23-30(4)22-31(5)38(48)25-35(9)45/h14-16,19-20,22,24,31,33-36,38-42,45-46,48-50H,11-13,17-18,21,23,25-26H2,1-10H3/b19-16+,27-14+,28-20-,29-15-,30-22+,32-24+/t31-,33-,34+,35-,36+,38-,39+,40+,41+,42-/m1/s1. The van der Waals surface area contributed by atoms with E-state index in [9.17, 15) is 39.9 Å². The third-order valence-corrected chi connectivity index (χ3v) is 9.80. The minimum atomic E-state index is -1.25. The van der Waals surface area contributed by atoms with Gasteiger partial charge in [-0.3, -0.25) is 9.59 Å². The summed E-state index contributed by atoms with van der Waals surface area (Å²) in [6.07, 6.45) is 10.7. The van der Waals surface area contributed by atoms with Gasteiger partial charge in [0.2, 0.25) is 0 Å². The Bertz CT molecular complexity index is 1380. The molecule has 5 N–H and O–H groups in total. The van der Waals surface area contributed by atoms with Crippen molar-refractivity contribution in [3.8, 4) is 0 Å². The topological polar surface area (TPSA) is 171 Å². The normalized spacial score (nSPS) is 25.2. The quantitative estimate of drug-likeness (QED) is 0.0427. The molecule has 0 spiro atoms. The largest absolute Gasteiger partial charge is 0.462 e. The number of aliphatic hydroxyl groups excluding tert-OH is 5. The fourth-order valence-electron chi connectivity index (χ4n) is 6.62. The van der Waals surface area contributed by atoms with Gasteiger partial charge in [-0.1, -0.05) is 73.4 Å². The molecule has 0 bridgehead atoms. The highest BCUT2D eigenvalue weighted by Gasteiger charge is 2.26. The van der Waals surface area contributed by atoms with Gasteiger partial charge in [-0.2, -0.15) is 0 Å².